The van der Waals surface area contributed by atoms with Crippen LogP contribution in [0.15, 0.2) is 24.3 Å². The molecule has 136 valence electrons. The Kier molecular flexibility index (Phi) is 5.34. The van der Waals surface area contributed by atoms with Gasteiger partial charge in [0.15, 0.2) is 0 Å². The topological polar surface area (TPSA) is 95.5 Å². The van der Waals surface area contributed by atoms with Crippen molar-refractivity contribution in [2.24, 2.45) is 11.8 Å². The quantitative estimate of drug-likeness (QED) is 0.728. The number of carboxylic acid groups (broad SMARTS) is 1. The fourth-order valence-electron chi connectivity index (χ4n) is 2.30. The third-order valence-electron chi connectivity index (χ3n) is 3.90. The standard InChI is InChI=1S/C16H17F3N2O4/c1-8-6-11(8)14(23)20-10-4-2-9(3-5-10)13(22)21-12(15(24)25)7-16(17,18)19/h2-5,8,11-12H,6-7H2,1H3,(H,20,23)(H,21,22)(H,24,25). The van der Waals surface area contributed by atoms with E-state index in [1.807, 2.05) is 12.2 Å². The van der Waals surface area contributed by atoms with Gasteiger partial charge in [0, 0.05) is 17.2 Å². The first-order chi connectivity index (χ1) is 11.6. The average molecular weight is 358 g/mol. The van der Waals surface area contributed by atoms with Crippen LogP contribution >= 0.6 is 0 Å². The summed E-state index contributed by atoms with van der Waals surface area (Å²) in [6, 6.07) is 3.39. The van der Waals surface area contributed by atoms with Gasteiger partial charge < -0.3 is 15.7 Å². The van der Waals surface area contributed by atoms with Crippen molar-refractivity contribution >= 4 is 23.5 Å². The Morgan fingerprint density at radius 1 is 1.24 bits per heavy atom. The summed E-state index contributed by atoms with van der Waals surface area (Å²) < 4.78 is 37.0. The fraction of sp³-hybridized carbons (Fsp3) is 0.438. The maximum atomic E-state index is 12.3. The predicted octanol–water partition coefficient (Wildman–Crippen LogP) is 2.42. The molecule has 9 heteroatoms. The average Bonchev–Trinajstić information content (AvgIpc) is 3.23. The van der Waals surface area contributed by atoms with E-state index in [1.54, 1.807) is 0 Å². The van der Waals surface area contributed by atoms with Gasteiger partial charge in [-0.25, -0.2) is 4.79 Å². The first kappa shape index (κ1) is 18.8. The van der Waals surface area contributed by atoms with E-state index in [1.165, 1.54) is 24.3 Å². The molecule has 1 saturated carbocycles. The highest BCUT2D eigenvalue weighted by Crippen LogP contribution is 2.38. The molecule has 3 atom stereocenters. The Balaban J connectivity index is 1.97. The van der Waals surface area contributed by atoms with Gasteiger partial charge >= 0.3 is 12.1 Å². The zero-order valence-corrected chi connectivity index (χ0v) is 13.3. The zero-order valence-electron chi connectivity index (χ0n) is 13.3. The molecule has 0 bridgehead atoms. The third-order valence-corrected chi connectivity index (χ3v) is 3.90. The molecule has 2 amide bonds. The number of hydrogen-bond acceptors (Lipinski definition) is 3. The number of rotatable bonds is 6. The first-order valence-corrected chi connectivity index (χ1v) is 7.58. The van der Waals surface area contributed by atoms with Gasteiger partial charge in [-0.3, -0.25) is 9.59 Å². The second-order valence-electron chi connectivity index (χ2n) is 6.07. The number of carboxylic acids is 1. The van der Waals surface area contributed by atoms with Crippen molar-refractivity contribution < 1.29 is 32.7 Å². The van der Waals surface area contributed by atoms with Crippen LogP contribution in [0.2, 0.25) is 0 Å². The lowest BCUT2D eigenvalue weighted by atomic mass is 10.1. The zero-order chi connectivity index (χ0) is 18.8. The SMILES string of the molecule is CC1CC1C(=O)Nc1ccc(C(=O)NC(CC(F)(F)F)C(=O)O)cc1. The van der Waals surface area contributed by atoms with Crippen LogP contribution < -0.4 is 10.6 Å². The molecule has 1 aromatic carbocycles. The molecule has 6 nitrogen and oxygen atoms in total. The summed E-state index contributed by atoms with van der Waals surface area (Å²) in [7, 11) is 0. The van der Waals surface area contributed by atoms with Crippen LogP contribution in [0.25, 0.3) is 0 Å². The van der Waals surface area contributed by atoms with Gasteiger partial charge in [-0.15, -0.1) is 0 Å². The van der Waals surface area contributed by atoms with E-state index in [2.05, 4.69) is 5.32 Å². The highest BCUT2D eigenvalue weighted by atomic mass is 19.4. The number of carbonyl (C=O) groups is 3. The predicted molar refractivity (Wildman–Crippen MR) is 81.9 cm³/mol. The van der Waals surface area contributed by atoms with Crippen LogP contribution in [0.4, 0.5) is 18.9 Å². The van der Waals surface area contributed by atoms with Crippen LogP contribution in [-0.2, 0) is 9.59 Å². The molecule has 0 aliphatic heterocycles. The second-order valence-corrected chi connectivity index (χ2v) is 6.07. The van der Waals surface area contributed by atoms with Crippen molar-refractivity contribution in [2.75, 3.05) is 5.32 Å². The Labute approximate surface area is 141 Å². The van der Waals surface area contributed by atoms with E-state index >= 15 is 0 Å². The number of halogens is 3. The fourth-order valence-corrected chi connectivity index (χ4v) is 2.30. The summed E-state index contributed by atoms with van der Waals surface area (Å²) in [4.78, 5) is 34.6. The van der Waals surface area contributed by atoms with E-state index in [4.69, 9.17) is 5.11 Å². The summed E-state index contributed by atoms with van der Waals surface area (Å²) in [5, 5.41) is 13.3. The lowest BCUT2D eigenvalue weighted by molar-refractivity contribution is -0.157. The number of amides is 2. The molecule has 25 heavy (non-hydrogen) atoms. The maximum absolute atomic E-state index is 12.3. The van der Waals surface area contributed by atoms with Crippen molar-refractivity contribution in [3.05, 3.63) is 29.8 Å². The highest BCUT2D eigenvalue weighted by molar-refractivity contribution is 5.98. The number of aliphatic carboxylic acids is 1. The summed E-state index contributed by atoms with van der Waals surface area (Å²) >= 11 is 0. The summed E-state index contributed by atoms with van der Waals surface area (Å²) in [6.07, 6.45) is -5.56. The number of nitrogens with one attached hydrogen (secondary N) is 2. The van der Waals surface area contributed by atoms with Crippen molar-refractivity contribution in [3.8, 4) is 0 Å². The van der Waals surface area contributed by atoms with Crippen molar-refractivity contribution in [2.45, 2.75) is 32.0 Å². The smallest absolute Gasteiger partial charge is 0.391 e. The molecule has 0 radical (unpaired) electrons. The van der Waals surface area contributed by atoms with Crippen molar-refractivity contribution in [1.29, 1.82) is 0 Å². The molecule has 2 rings (SSSR count). The minimum Gasteiger partial charge on any atom is -0.480 e. The molecule has 1 aliphatic rings. The Morgan fingerprint density at radius 3 is 2.24 bits per heavy atom. The number of hydrogen-bond donors (Lipinski definition) is 3. The van der Waals surface area contributed by atoms with Gasteiger partial charge in [0.25, 0.3) is 5.91 Å². The van der Waals surface area contributed by atoms with Crippen molar-refractivity contribution in [1.82, 2.24) is 5.32 Å². The number of carbonyl (C=O) groups excluding carboxylic acids is 2. The number of anilines is 1. The molecule has 1 aromatic rings. The van der Waals surface area contributed by atoms with Crippen LogP contribution in [0, 0.1) is 11.8 Å². The van der Waals surface area contributed by atoms with Gasteiger partial charge in [0.1, 0.15) is 6.04 Å². The molecular formula is C16H17F3N2O4. The van der Waals surface area contributed by atoms with Crippen LogP contribution in [0.3, 0.4) is 0 Å². The van der Waals surface area contributed by atoms with Gasteiger partial charge in [-0.05, 0) is 36.6 Å². The van der Waals surface area contributed by atoms with Gasteiger partial charge in [-0.1, -0.05) is 6.92 Å². The maximum Gasteiger partial charge on any atom is 0.391 e. The van der Waals surface area contributed by atoms with Crippen LogP contribution in [-0.4, -0.2) is 35.1 Å². The van der Waals surface area contributed by atoms with E-state index in [0.29, 0.717) is 11.6 Å². The largest absolute Gasteiger partial charge is 0.480 e. The minimum absolute atomic E-state index is 0.00814. The van der Waals surface area contributed by atoms with E-state index in [9.17, 15) is 27.6 Å². The Morgan fingerprint density at radius 2 is 1.80 bits per heavy atom. The molecule has 3 N–H and O–H groups in total. The first-order valence-electron chi connectivity index (χ1n) is 7.58. The Bertz CT molecular complexity index is 673. The van der Waals surface area contributed by atoms with E-state index in [0.717, 1.165) is 6.42 Å². The lowest BCUT2D eigenvalue weighted by Gasteiger charge is -2.16. The minimum atomic E-state index is -4.72. The molecule has 0 saturated heterocycles. The van der Waals surface area contributed by atoms with Crippen molar-refractivity contribution in [3.63, 3.8) is 0 Å². The highest BCUT2D eigenvalue weighted by Gasteiger charge is 2.39. The normalized spacial score (nSPS) is 20.5. The van der Waals surface area contributed by atoms with Gasteiger partial charge in [-0.2, -0.15) is 13.2 Å². The lowest BCUT2D eigenvalue weighted by Crippen LogP contribution is -2.43. The summed E-state index contributed by atoms with van der Waals surface area (Å²) in [6.45, 7) is 1.96. The van der Waals surface area contributed by atoms with E-state index < -0.39 is 30.5 Å². The van der Waals surface area contributed by atoms with Gasteiger partial charge in [0.2, 0.25) is 5.91 Å². The molecule has 0 aromatic heterocycles. The summed E-state index contributed by atoms with van der Waals surface area (Å²) in [5.74, 6) is -2.52. The monoisotopic (exact) mass is 358 g/mol. The molecule has 0 heterocycles. The van der Waals surface area contributed by atoms with E-state index in [-0.39, 0.29) is 17.4 Å². The second kappa shape index (κ2) is 7.12. The number of benzene rings is 1. The van der Waals surface area contributed by atoms with Crippen LogP contribution in [0.5, 0.6) is 0 Å². The van der Waals surface area contributed by atoms with Gasteiger partial charge in [0.05, 0.1) is 6.42 Å². The molecule has 1 fully saturated rings. The summed E-state index contributed by atoms with van der Waals surface area (Å²) in [5.41, 5.74) is 0.442. The number of alkyl halides is 3. The molecule has 1 aliphatic carbocycles. The molecule has 3 unspecified atom stereocenters. The Hall–Kier alpha value is -2.58. The molecular weight excluding hydrogens is 341 g/mol. The third kappa shape index (κ3) is 5.47. The van der Waals surface area contributed by atoms with Crippen LogP contribution in [0.1, 0.15) is 30.1 Å². The molecule has 0 spiro atoms.